The van der Waals surface area contributed by atoms with Crippen molar-refractivity contribution in [3.8, 4) is 0 Å². The molecular weight excluding hydrogens is 562 g/mol. The van der Waals surface area contributed by atoms with Crippen LogP contribution >= 0.6 is 0 Å². The zero-order valence-corrected chi connectivity index (χ0v) is 23.3. The minimum absolute atomic E-state index is 0.163. The number of hydrogen-bond acceptors (Lipinski definition) is 12. The van der Waals surface area contributed by atoms with Crippen LogP contribution in [0.4, 0.5) is 4.79 Å². The second-order valence-corrected chi connectivity index (χ2v) is 9.14. The summed E-state index contributed by atoms with van der Waals surface area (Å²) in [5.41, 5.74) is 0.637. The molecular formula is C26H33N3O13. The van der Waals surface area contributed by atoms with Gasteiger partial charge in [0.1, 0.15) is 31.4 Å². The number of carbonyl (C=O) groups is 7. The first-order chi connectivity index (χ1) is 19.8. The van der Waals surface area contributed by atoms with Crippen molar-refractivity contribution in [2.24, 2.45) is 0 Å². The van der Waals surface area contributed by atoms with E-state index in [1.165, 1.54) is 0 Å². The number of esters is 3. The van der Waals surface area contributed by atoms with Gasteiger partial charge in [-0.05, 0) is 5.56 Å². The van der Waals surface area contributed by atoms with Gasteiger partial charge in [-0.3, -0.25) is 28.8 Å². The lowest BCUT2D eigenvalue weighted by Gasteiger charge is -2.45. The van der Waals surface area contributed by atoms with Gasteiger partial charge >= 0.3 is 30.0 Å². The number of carboxylic acid groups (broad SMARTS) is 1. The molecule has 0 aromatic heterocycles. The zero-order valence-electron chi connectivity index (χ0n) is 23.3. The van der Waals surface area contributed by atoms with Gasteiger partial charge in [0, 0.05) is 27.7 Å². The van der Waals surface area contributed by atoms with E-state index < -0.39 is 91.4 Å². The Bertz CT molecular complexity index is 1160. The molecule has 0 unspecified atom stereocenters. The highest BCUT2D eigenvalue weighted by atomic mass is 16.6. The highest BCUT2D eigenvalue weighted by Gasteiger charge is 2.51. The van der Waals surface area contributed by atoms with Crippen LogP contribution in [0.5, 0.6) is 0 Å². The number of nitrogens with one attached hydrogen (secondary N) is 3. The molecule has 1 saturated heterocycles. The second kappa shape index (κ2) is 15.9. The van der Waals surface area contributed by atoms with E-state index in [4.69, 9.17) is 23.7 Å². The van der Waals surface area contributed by atoms with Crippen LogP contribution in [0.15, 0.2) is 30.3 Å². The average Bonchev–Trinajstić information content (AvgIpc) is 2.89. The number of benzene rings is 1. The molecule has 4 N–H and O–H groups in total. The molecule has 2 rings (SSSR count). The van der Waals surface area contributed by atoms with Gasteiger partial charge < -0.3 is 44.7 Å². The Kier molecular flexibility index (Phi) is 12.7. The Hall–Kier alpha value is -4.73. The van der Waals surface area contributed by atoms with Gasteiger partial charge in [0.25, 0.3) is 0 Å². The summed E-state index contributed by atoms with van der Waals surface area (Å²) in [5.74, 6) is -5.58. The van der Waals surface area contributed by atoms with E-state index in [9.17, 15) is 38.7 Å². The molecule has 1 fully saturated rings. The number of ether oxygens (including phenoxy) is 5. The van der Waals surface area contributed by atoms with Crippen molar-refractivity contribution >= 4 is 41.8 Å². The van der Waals surface area contributed by atoms with Gasteiger partial charge in [-0.25, -0.2) is 4.79 Å². The van der Waals surface area contributed by atoms with Crippen LogP contribution in [0.3, 0.4) is 0 Å². The number of rotatable bonds is 12. The van der Waals surface area contributed by atoms with Gasteiger partial charge in [-0.2, -0.15) is 0 Å². The molecule has 6 atom stereocenters. The summed E-state index contributed by atoms with van der Waals surface area (Å²) in [6, 6.07) is 5.50. The maximum atomic E-state index is 13.2. The first kappa shape index (κ1) is 33.5. The van der Waals surface area contributed by atoms with E-state index in [2.05, 4.69) is 16.0 Å². The molecule has 1 aromatic rings. The predicted molar refractivity (Wildman–Crippen MR) is 138 cm³/mol. The first-order valence-electron chi connectivity index (χ1n) is 12.7. The third-order valence-electron chi connectivity index (χ3n) is 5.60. The summed E-state index contributed by atoms with van der Waals surface area (Å²) in [6.07, 6.45) is -7.71. The summed E-state index contributed by atoms with van der Waals surface area (Å²) >= 11 is 0. The molecule has 16 heteroatoms. The topological polar surface area (TPSA) is 222 Å². The Morgan fingerprint density at radius 3 is 2.02 bits per heavy atom. The van der Waals surface area contributed by atoms with Crippen molar-refractivity contribution in [1.29, 1.82) is 0 Å². The molecule has 1 aromatic carbocycles. The van der Waals surface area contributed by atoms with Crippen molar-refractivity contribution in [2.75, 3.05) is 6.61 Å². The molecule has 0 bridgehead atoms. The Labute approximate surface area is 240 Å². The van der Waals surface area contributed by atoms with Crippen LogP contribution in [0.1, 0.15) is 39.7 Å². The smallest absolute Gasteiger partial charge is 0.408 e. The molecule has 0 aliphatic carbocycles. The molecule has 0 saturated carbocycles. The monoisotopic (exact) mass is 595 g/mol. The third kappa shape index (κ3) is 11.0. The lowest BCUT2D eigenvalue weighted by Crippen LogP contribution is -2.70. The minimum atomic E-state index is -1.68. The van der Waals surface area contributed by atoms with E-state index in [0.29, 0.717) is 5.56 Å². The standard InChI is InChI=1S/C26H33N3O13/c1-13(30)27-21-23(41-16(4)33)22(40-15(3)32)19(12-38-14(2)31)42-25(21)29-24(36)18(10-20(34)35)28-26(37)39-11-17-8-6-5-7-9-17/h5-9,18-19,21-23,25H,10-12H2,1-4H3,(H,27,30)(H,28,37)(H,29,36)(H,34,35)/t18-,19+,21+,22+,23+,25+/m0/s1. The highest BCUT2D eigenvalue weighted by molar-refractivity contribution is 5.89. The van der Waals surface area contributed by atoms with E-state index in [1.54, 1.807) is 30.3 Å². The molecule has 230 valence electrons. The van der Waals surface area contributed by atoms with Gasteiger partial charge in [0.15, 0.2) is 18.4 Å². The Balaban J connectivity index is 2.33. The fourth-order valence-electron chi connectivity index (χ4n) is 3.99. The van der Waals surface area contributed by atoms with Gasteiger partial charge in [0.05, 0.1) is 6.42 Å². The van der Waals surface area contributed by atoms with E-state index in [1.807, 2.05) is 0 Å². The molecule has 1 aliphatic heterocycles. The summed E-state index contributed by atoms with van der Waals surface area (Å²) in [7, 11) is 0. The number of hydrogen-bond donors (Lipinski definition) is 4. The molecule has 1 heterocycles. The minimum Gasteiger partial charge on any atom is -0.481 e. The Morgan fingerprint density at radius 1 is 0.857 bits per heavy atom. The predicted octanol–water partition coefficient (Wildman–Crippen LogP) is -0.472. The molecule has 1 aliphatic rings. The molecule has 16 nitrogen and oxygen atoms in total. The lowest BCUT2D eigenvalue weighted by molar-refractivity contribution is -0.228. The van der Waals surface area contributed by atoms with E-state index in [-0.39, 0.29) is 6.61 Å². The fraction of sp³-hybridized carbons (Fsp3) is 0.500. The quantitative estimate of drug-likeness (QED) is 0.177. The Morgan fingerprint density at radius 2 is 1.48 bits per heavy atom. The van der Waals surface area contributed by atoms with Crippen LogP contribution in [-0.2, 0) is 59.1 Å². The average molecular weight is 596 g/mol. The van der Waals surface area contributed by atoms with Crippen molar-refractivity contribution in [3.63, 3.8) is 0 Å². The van der Waals surface area contributed by atoms with Crippen LogP contribution < -0.4 is 16.0 Å². The van der Waals surface area contributed by atoms with Gasteiger partial charge in [0.2, 0.25) is 11.8 Å². The maximum absolute atomic E-state index is 13.2. The number of amides is 3. The molecule has 42 heavy (non-hydrogen) atoms. The van der Waals surface area contributed by atoms with Crippen molar-refractivity contribution in [1.82, 2.24) is 16.0 Å². The molecule has 3 amide bonds. The van der Waals surface area contributed by atoms with Crippen LogP contribution in [-0.4, -0.2) is 90.1 Å². The van der Waals surface area contributed by atoms with E-state index in [0.717, 1.165) is 27.7 Å². The summed E-state index contributed by atoms with van der Waals surface area (Å²) < 4.78 is 26.5. The number of carboxylic acids is 1. The number of aliphatic carboxylic acids is 1. The summed E-state index contributed by atoms with van der Waals surface area (Å²) in [6.45, 7) is 3.65. The van der Waals surface area contributed by atoms with Crippen LogP contribution in [0.25, 0.3) is 0 Å². The summed E-state index contributed by atoms with van der Waals surface area (Å²) in [5, 5.41) is 16.3. The van der Waals surface area contributed by atoms with E-state index >= 15 is 0 Å². The van der Waals surface area contributed by atoms with Crippen LogP contribution in [0.2, 0.25) is 0 Å². The second-order valence-electron chi connectivity index (χ2n) is 9.14. The first-order valence-corrected chi connectivity index (χ1v) is 12.7. The third-order valence-corrected chi connectivity index (χ3v) is 5.60. The largest absolute Gasteiger partial charge is 0.481 e. The fourth-order valence-corrected chi connectivity index (χ4v) is 3.99. The normalized spacial score (nSPS) is 22.0. The molecule has 0 radical (unpaired) electrons. The summed E-state index contributed by atoms with van der Waals surface area (Å²) in [4.78, 5) is 84.5. The van der Waals surface area contributed by atoms with Crippen molar-refractivity contribution < 1.29 is 62.4 Å². The highest BCUT2D eigenvalue weighted by Crippen LogP contribution is 2.26. The SMILES string of the molecule is CC(=O)N[C@@H]1[C@@H](OC(C)=O)[C@H](OC(C)=O)[C@@H](COC(C)=O)O[C@H]1NC(=O)[C@H](CC(=O)O)NC(=O)OCc1ccccc1. The van der Waals surface area contributed by atoms with Crippen molar-refractivity contribution in [2.45, 2.75) is 77.3 Å². The van der Waals surface area contributed by atoms with Crippen LogP contribution in [0, 0.1) is 0 Å². The zero-order chi connectivity index (χ0) is 31.4. The number of alkyl carbamates (subject to hydrolysis) is 1. The number of carbonyl (C=O) groups excluding carboxylic acids is 6. The van der Waals surface area contributed by atoms with Crippen molar-refractivity contribution in [3.05, 3.63) is 35.9 Å². The maximum Gasteiger partial charge on any atom is 0.408 e. The van der Waals surface area contributed by atoms with Gasteiger partial charge in [-0.1, -0.05) is 30.3 Å². The molecule has 0 spiro atoms. The lowest BCUT2D eigenvalue weighted by atomic mass is 9.94. The van der Waals surface area contributed by atoms with Gasteiger partial charge in [-0.15, -0.1) is 0 Å².